The van der Waals surface area contributed by atoms with Crippen molar-refractivity contribution in [2.75, 3.05) is 6.61 Å². The molecule has 2 aromatic rings. The first-order valence-corrected chi connectivity index (χ1v) is 8.51. The molecule has 1 aliphatic heterocycles. The van der Waals surface area contributed by atoms with Gasteiger partial charge in [0.05, 0.1) is 0 Å². The van der Waals surface area contributed by atoms with Gasteiger partial charge in [0.1, 0.15) is 12.3 Å². The first kappa shape index (κ1) is 16.8. The first-order chi connectivity index (χ1) is 12.4. The molecule has 0 saturated heterocycles. The number of hydrogen-bond donors (Lipinski definition) is 1. The molecule has 0 bridgehead atoms. The lowest BCUT2D eigenvalue weighted by Crippen LogP contribution is -2.16. The lowest BCUT2D eigenvalue weighted by Gasteiger charge is -2.20. The molecule has 0 amide bonds. The molecule has 3 heteroatoms. The average molecular weight is 330 g/mol. The highest BCUT2D eigenvalue weighted by molar-refractivity contribution is 6.15. The Kier molecular flexibility index (Phi) is 5.83. The van der Waals surface area contributed by atoms with Crippen LogP contribution < -0.4 is 5.32 Å². The average Bonchev–Trinajstić information content (AvgIpc) is 2.99. The molecule has 126 valence electrons. The molecule has 4 rings (SSSR count). The molecule has 0 atom stereocenters. The number of nitrogens with zero attached hydrogens (tertiary/aromatic N) is 1. The third kappa shape index (κ3) is 4.27. The van der Waals surface area contributed by atoms with E-state index in [9.17, 15) is 0 Å². The molecule has 0 aromatic heterocycles. The number of allylic oxidation sites excluding steroid dienone is 4. The second-order valence-corrected chi connectivity index (χ2v) is 5.62. The van der Waals surface area contributed by atoms with Gasteiger partial charge in [-0.25, -0.2) is 0 Å². The zero-order valence-corrected chi connectivity index (χ0v) is 14.4. The molecular formula is C22H22N2O. The fraction of sp³-hybridized carbons (Fsp3) is 0.136. The number of fused-ring (bicyclic) bond motifs is 2. The largest absolute Gasteiger partial charge is 0.396 e. The van der Waals surface area contributed by atoms with E-state index in [1.54, 1.807) is 0 Å². The normalized spacial score (nSPS) is 13.6. The van der Waals surface area contributed by atoms with Gasteiger partial charge in [-0.05, 0) is 36.6 Å². The summed E-state index contributed by atoms with van der Waals surface area (Å²) in [6.07, 6.45) is 12.5. The van der Waals surface area contributed by atoms with Crippen LogP contribution in [0.1, 0.15) is 29.2 Å². The van der Waals surface area contributed by atoms with Crippen LogP contribution in [-0.4, -0.2) is 12.3 Å². The Bertz CT molecular complexity index is 770. The lowest BCUT2D eigenvalue weighted by atomic mass is 9.85. The minimum Gasteiger partial charge on any atom is -0.396 e. The summed E-state index contributed by atoms with van der Waals surface area (Å²) < 4.78 is 0. The molecule has 2 aromatic carbocycles. The Morgan fingerprint density at radius 1 is 0.840 bits per heavy atom. The van der Waals surface area contributed by atoms with Crippen molar-refractivity contribution in [2.24, 2.45) is 5.16 Å². The van der Waals surface area contributed by atoms with Crippen LogP contribution >= 0.6 is 0 Å². The number of rotatable bonds is 2. The topological polar surface area (TPSA) is 33.6 Å². The van der Waals surface area contributed by atoms with E-state index in [0.717, 1.165) is 12.1 Å². The smallest absolute Gasteiger partial charge is 0.117 e. The minimum atomic E-state index is 0.591. The molecular weight excluding hydrogens is 308 g/mol. The van der Waals surface area contributed by atoms with E-state index >= 15 is 0 Å². The molecule has 0 spiro atoms. The summed E-state index contributed by atoms with van der Waals surface area (Å²) >= 11 is 0. The van der Waals surface area contributed by atoms with Crippen molar-refractivity contribution in [1.82, 2.24) is 5.32 Å². The van der Waals surface area contributed by atoms with Crippen LogP contribution in [0.3, 0.4) is 0 Å². The van der Waals surface area contributed by atoms with Crippen LogP contribution in [0.2, 0.25) is 0 Å². The van der Waals surface area contributed by atoms with Gasteiger partial charge in [-0.15, -0.1) is 0 Å². The molecule has 0 unspecified atom stereocenters. The standard InChI is InChI=1S/C16H15NO.C6H7N/c1-2-18-17-16-14-9-5-3-7-12(14)11-13-8-4-6-10-15(13)16;1-2-4-6-7-5-3-1/h3-10H,2,11H2,1H3;1-7H. The van der Waals surface area contributed by atoms with E-state index in [1.165, 1.54) is 22.3 Å². The van der Waals surface area contributed by atoms with Gasteiger partial charge in [0.25, 0.3) is 0 Å². The summed E-state index contributed by atoms with van der Waals surface area (Å²) in [7, 11) is 0. The Morgan fingerprint density at radius 2 is 1.40 bits per heavy atom. The van der Waals surface area contributed by atoms with Crippen molar-refractivity contribution in [3.8, 4) is 0 Å². The highest BCUT2D eigenvalue weighted by Gasteiger charge is 2.21. The van der Waals surface area contributed by atoms with Crippen LogP contribution in [-0.2, 0) is 11.3 Å². The number of benzene rings is 2. The Labute approximate surface area is 149 Å². The van der Waals surface area contributed by atoms with Gasteiger partial charge in [0.15, 0.2) is 0 Å². The molecule has 3 nitrogen and oxygen atoms in total. The van der Waals surface area contributed by atoms with Gasteiger partial charge < -0.3 is 10.2 Å². The predicted octanol–water partition coefficient (Wildman–Crippen LogP) is 4.55. The molecule has 1 aliphatic carbocycles. The van der Waals surface area contributed by atoms with E-state index in [0.29, 0.717) is 6.61 Å². The lowest BCUT2D eigenvalue weighted by molar-refractivity contribution is 0.159. The summed E-state index contributed by atoms with van der Waals surface area (Å²) in [4.78, 5) is 5.27. The number of nitrogens with one attached hydrogen (secondary N) is 1. The van der Waals surface area contributed by atoms with Crippen LogP contribution in [0.15, 0.2) is 90.4 Å². The molecule has 1 N–H and O–H groups in total. The van der Waals surface area contributed by atoms with Gasteiger partial charge in [0.2, 0.25) is 0 Å². The molecule has 0 fully saturated rings. The third-order valence-electron chi connectivity index (χ3n) is 3.93. The summed E-state index contributed by atoms with van der Waals surface area (Å²) in [5, 5.41) is 7.22. The summed E-state index contributed by atoms with van der Waals surface area (Å²) in [6.45, 7) is 2.54. The first-order valence-electron chi connectivity index (χ1n) is 8.51. The zero-order chi connectivity index (χ0) is 17.3. The van der Waals surface area contributed by atoms with Gasteiger partial charge >= 0.3 is 0 Å². The van der Waals surface area contributed by atoms with Gasteiger partial charge in [-0.1, -0.05) is 65.8 Å². The third-order valence-corrected chi connectivity index (χ3v) is 3.93. The second-order valence-electron chi connectivity index (χ2n) is 5.62. The van der Waals surface area contributed by atoms with Crippen LogP contribution in [0.4, 0.5) is 0 Å². The quantitative estimate of drug-likeness (QED) is 0.699. The van der Waals surface area contributed by atoms with Crippen molar-refractivity contribution in [2.45, 2.75) is 13.3 Å². The van der Waals surface area contributed by atoms with E-state index in [1.807, 2.05) is 55.8 Å². The summed E-state index contributed by atoms with van der Waals surface area (Å²) in [5.74, 6) is 0. The SMILES string of the molecule is C1=CC=CNC=C1.CCON=C1c2ccccc2Cc2ccccc21. The molecule has 0 saturated carbocycles. The van der Waals surface area contributed by atoms with Crippen molar-refractivity contribution in [3.05, 3.63) is 107 Å². The number of hydrogen-bond acceptors (Lipinski definition) is 3. The summed E-state index contributed by atoms with van der Waals surface area (Å²) in [5.41, 5.74) is 5.95. The van der Waals surface area contributed by atoms with Crippen LogP contribution in [0.5, 0.6) is 0 Å². The highest BCUT2D eigenvalue weighted by atomic mass is 16.6. The Morgan fingerprint density at radius 3 is 1.96 bits per heavy atom. The molecule has 2 aliphatic rings. The summed E-state index contributed by atoms with van der Waals surface area (Å²) in [6, 6.07) is 16.8. The van der Waals surface area contributed by atoms with Crippen molar-refractivity contribution < 1.29 is 4.84 Å². The van der Waals surface area contributed by atoms with Crippen LogP contribution in [0, 0.1) is 0 Å². The Balaban J connectivity index is 0.000000219. The number of oxime groups is 1. The van der Waals surface area contributed by atoms with Gasteiger partial charge in [-0.2, -0.15) is 0 Å². The maximum absolute atomic E-state index is 5.27. The minimum absolute atomic E-state index is 0.591. The molecule has 25 heavy (non-hydrogen) atoms. The fourth-order valence-corrected chi connectivity index (χ4v) is 2.79. The second kappa shape index (κ2) is 8.69. The van der Waals surface area contributed by atoms with Gasteiger partial charge in [-0.3, -0.25) is 0 Å². The maximum Gasteiger partial charge on any atom is 0.117 e. The van der Waals surface area contributed by atoms with Gasteiger partial charge in [0, 0.05) is 23.5 Å². The predicted molar refractivity (Wildman–Crippen MR) is 104 cm³/mol. The van der Waals surface area contributed by atoms with Crippen molar-refractivity contribution in [3.63, 3.8) is 0 Å². The van der Waals surface area contributed by atoms with Crippen molar-refractivity contribution >= 4 is 5.71 Å². The van der Waals surface area contributed by atoms with E-state index in [4.69, 9.17) is 4.84 Å². The van der Waals surface area contributed by atoms with Crippen LogP contribution in [0.25, 0.3) is 0 Å². The van der Waals surface area contributed by atoms with E-state index in [2.05, 4.69) is 46.9 Å². The molecule has 1 heterocycles. The zero-order valence-electron chi connectivity index (χ0n) is 14.4. The maximum atomic E-state index is 5.27. The monoisotopic (exact) mass is 330 g/mol. The highest BCUT2D eigenvalue weighted by Crippen LogP contribution is 2.27. The Hall–Kier alpha value is -3.07. The molecule has 0 radical (unpaired) electrons. The van der Waals surface area contributed by atoms with Crippen molar-refractivity contribution in [1.29, 1.82) is 0 Å². The fourth-order valence-electron chi connectivity index (χ4n) is 2.79. The van der Waals surface area contributed by atoms with E-state index < -0.39 is 0 Å². The van der Waals surface area contributed by atoms with E-state index in [-0.39, 0.29) is 0 Å².